The first kappa shape index (κ1) is 15.3. The number of aromatic nitrogens is 1. The fourth-order valence-electron chi connectivity index (χ4n) is 4.16. The number of nitrogens with zero attached hydrogens (tertiary/aromatic N) is 1. The van der Waals surface area contributed by atoms with Gasteiger partial charge in [0.05, 0.1) is 5.60 Å². The van der Waals surface area contributed by atoms with E-state index in [1.165, 1.54) is 12.3 Å². The smallest absolute Gasteiger partial charge is 0.254 e. The minimum absolute atomic E-state index is 0.0853. The molecule has 3 atom stereocenters. The van der Waals surface area contributed by atoms with Crippen LogP contribution in [0.15, 0.2) is 23.1 Å². The fraction of sp³-hybridized carbons (Fsp3) is 0.647. The van der Waals surface area contributed by atoms with E-state index in [1.54, 1.807) is 6.07 Å². The van der Waals surface area contributed by atoms with E-state index in [0.717, 1.165) is 38.5 Å². The molecule has 1 saturated carbocycles. The Labute approximate surface area is 130 Å². The molecule has 1 aromatic rings. The first-order chi connectivity index (χ1) is 10.5. The van der Waals surface area contributed by atoms with Crippen molar-refractivity contribution in [2.24, 2.45) is 5.92 Å². The van der Waals surface area contributed by atoms with Crippen molar-refractivity contribution in [3.63, 3.8) is 0 Å². The number of likely N-dealkylation sites (tertiary alicyclic amines) is 1. The van der Waals surface area contributed by atoms with Gasteiger partial charge in [-0.05, 0) is 38.7 Å². The Hall–Kier alpha value is -1.62. The van der Waals surface area contributed by atoms with E-state index in [1.807, 2.05) is 11.8 Å². The second kappa shape index (κ2) is 5.88. The van der Waals surface area contributed by atoms with E-state index in [0.29, 0.717) is 12.1 Å². The van der Waals surface area contributed by atoms with Gasteiger partial charge in [-0.3, -0.25) is 9.59 Å². The maximum atomic E-state index is 12.8. The van der Waals surface area contributed by atoms with Crippen molar-refractivity contribution in [3.05, 3.63) is 34.2 Å². The van der Waals surface area contributed by atoms with Crippen molar-refractivity contribution in [1.29, 1.82) is 0 Å². The summed E-state index contributed by atoms with van der Waals surface area (Å²) in [5.41, 5.74) is -0.516. The first-order valence-electron chi connectivity index (χ1n) is 8.21. The van der Waals surface area contributed by atoms with Gasteiger partial charge in [0.1, 0.15) is 0 Å². The summed E-state index contributed by atoms with van der Waals surface area (Å²) in [5.74, 6) is 0.0460. The number of aromatic amines is 1. The molecule has 0 aromatic carbocycles. The molecule has 3 rings (SSSR count). The summed E-state index contributed by atoms with van der Waals surface area (Å²) in [4.78, 5) is 28.6. The number of hydrogen-bond donors (Lipinski definition) is 2. The lowest BCUT2D eigenvalue weighted by atomic mass is 9.72. The minimum atomic E-state index is -0.694. The van der Waals surface area contributed by atoms with Crippen molar-refractivity contribution in [2.75, 3.05) is 6.54 Å². The van der Waals surface area contributed by atoms with Gasteiger partial charge in [0, 0.05) is 36.3 Å². The molecule has 22 heavy (non-hydrogen) atoms. The molecule has 2 heterocycles. The standard InChI is InChI=1S/C17H24N2O3/c1-17(22)8-3-2-5-13(17)14-6-4-10-19(14)16(21)12-7-9-18-15(20)11-12/h7,9,11,13-14,22H,2-6,8,10H2,1H3,(H,18,20)/t13-,14+,17+/m1/s1. The summed E-state index contributed by atoms with van der Waals surface area (Å²) < 4.78 is 0. The average molecular weight is 304 g/mol. The average Bonchev–Trinajstić information content (AvgIpc) is 2.95. The Kier molecular flexibility index (Phi) is 4.08. The van der Waals surface area contributed by atoms with Crippen LogP contribution in [-0.2, 0) is 0 Å². The van der Waals surface area contributed by atoms with E-state index in [9.17, 15) is 14.7 Å². The van der Waals surface area contributed by atoms with E-state index < -0.39 is 5.60 Å². The van der Waals surface area contributed by atoms with Crippen LogP contribution >= 0.6 is 0 Å². The third-order valence-corrected chi connectivity index (χ3v) is 5.29. The highest BCUT2D eigenvalue weighted by atomic mass is 16.3. The molecule has 120 valence electrons. The molecule has 1 saturated heterocycles. The lowest BCUT2D eigenvalue weighted by Crippen LogP contribution is -2.50. The summed E-state index contributed by atoms with van der Waals surface area (Å²) >= 11 is 0. The van der Waals surface area contributed by atoms with Gasteiger partial charge in [-0.2, -0.15) is 0 Å². The Balaban J connectivity index is 1.84. The predicted octanol–water partition coefficient (Wildman–Crippen LogP) is 1.92. The third kappa shape index (κ3) is 2.82. The van der Waals surface area contributed by atoms with Gasteiger partial charge in [-0.1, -0.05) is 12.8 Å². The summed E-state index contributed by atoms with van der Waals surface area (Å²) in [6.45, 7) is 2.62. The lowest BCUT2D eigenvalue weighted by molar-refractivity contribution is -0.0577. The number of pyridine rings is 1. The van der Waals surface area contributed by atoms with E-state index in [2.05, 4.69) is 4.98 Å². The molecule has 5 nitrogen and oxygen atoms in total. The van der Waals surface area contributed by atoms with Crippen LogP contribution in [0.3, 0.4) is 0 Å². The van der Waals surface area contributed by atoms with E-state index in [-0.39, 0.29) is 23.4 Å². The Morgan fingerprint density at radius 3 is 2.91 bits per heavy atom. The molecular weight excluding hydrogens is 280 g/mol. The number of carbonyl (C=O) groups excluding carboxylic acids is 1. The van der Waals surface area contributed by atoms with Gasteiger partial charge in [-0.15, -0.1) is 0 Å². The molecule has 2 fully saturated rings. The number of nitrogens with one attached hydrogen (secondary N) is 1. The van der Waals surface area contributed by atoms with Crippen molar-refractivity contribution < 1.29 is 9.90 Å². The van der Waals surface area contributed by atoms with Crippen LogP contribution in [0, 0.1) is 5.92 Å². The zero-order valence-electron chi connectivity index (χ0n) is 13.0. The highest BCUT2D eigenvalue weighted by Gasteiger charge is 2.44. The third-order valence-electron chi connectivity index (χ3n) is 5.29. The van der Waals surface area contributed by atoms with Gasteiger partial charge in [0.25, 0.3) is 5.91 Å². The zero-order chi connectivity index (χ0) is 15.7. The summed E-state index contributed by atoms with van der Waals surface area (Å²) in [5, 5.41) is 10.7. The number of H-pyrrole nitrogens is 1. The van der Waals surface area contributed by atoms with Crippen LogP contribution in [0.1, 0.15) is 55.8 Å². The fourth-order valence-corrected chi connectivity index (χ4v) is 4.16. The second-order valence-corrected chi connectivity index (χ2v) is 6.86. The Morgan fingerprint density at radius 2 is 2.18 bits per heavy atom. The zero-order valence-corrected chi connectivity index (χ0v) is 13.0. The van der Waals surface area contributed by atoms with Crippen LogP contribution in [0.4, 0.5) is 0 Å². The van der Waals surface area contributed by atoms with Gasteiger partial charge in [0.2, 0.25) is 5.56 Å². The highest BCUT2D eigenvalue weighted by molar-refractivity contribution is 5.94. The number of aliphatic hydroxyl groups is 1. The Bertz CT molecular complexity index is 608. The molecule has 0 bridgehead atoms. The van der Waals surface area contributed by atoms with Gasteiger partial charge >= 0.3 is 0 Å². The molecule has 5 heteroatoms. The molecule has 2 N–H and O–H groups in total. The Morgan fingerprint density at radius 1 is 1.36 bits per heavy atom. The maximum Gasteiger partial charge on any atom is 0.254 e. The van der Waals surface area contributed by atoms with Crippen molar-refractivity contribution >= 4 is 5.91 Å². The summed E-state index contributed by atoms with van der Waals surface area (Å²) in [6.07, 6.45) is 7.36. The summed E-state index contributed by atoms with van der Waals surface area (Å²) in [7, 11) is 0. The van der Waals surface area contributed by atoms with Crippen LogP contribution in [0.2, 0.25) is 0 Å². The second-order valence-electron chi connectivity index (χ2n) is 6.86. The van der Waals surface area contributed by atoms with Gasteiger partial charge < -0.3 is 15.0 Å². The number of hydrogen-bond acceptors (Lipinski definition) is 3. The molecule has 1 aliphatic heterocycles. The predicted molar refractivity (Wildman–Crippen MR) is 83.7 cm³/mol. The van der Waals surface area contributed by atoms with Crippen LogP contribution < -0.4 is 5.56 Å². The molecule has 2 aliphatic rings. The molecule has 1 amide bonds. The number of amides is 1. The summed E-state index contributed by atoms with van der Waals surface area (Å²) in [6, 6.07) is 3.09. The normalized spacial score (nSPS) is 32.2. The van der Waals surface area contributed by atoms with Crippen molar-refractivity contribution in [2.45, 2.75) is 57.1 Å². The largest absolute Gasteiger partial charge is 0.390 e. The van der Waals surface area contributed by atoms with Gasteiger partial charge in [0.15, 0.2) is 0 Å². The lowest BCUT2D eigenvalue weighted by Gasteiger charge is -2.43. The van der Waals surface area contributed by atoms with Gasteiger partial charge in [-0.25, -0.2) is 0 Å². The van der Waals surface area contributed by atoms with Crippen molar-refractivity contribution in [1.82, 2.24) is 9.88 Å². The number of carbonyl (C=O) groups is 1. The molecule has 1 aliphatic carbocycles. The monoisotopic (exact) mass is 304 g/mol. The molecular formula is C17H24N2O3. The van der Waals surface area contributed by atoms with E-state index in [4.69, 9.17) is 0 Å². The molecule has 0 unspecified atom stereocenters. The van der Waals surface area contributed by atoms with Crippen LogP contribution in [0.5, 0.6) is 0 Å². The van der Waals surface area contributed by atoms with Crippen molar-refractivity contribution in [3.8, 4) is 0 Å². The maximum absolute atomic E-state index is 12.8. The SMILES string of the molecule is C[C@]1(O)CCCC[C@@H]1[C@@H]1CCCN1C(=O)c1cc[nH]c(=O)c1. The first-order valence-corrected chi connectivity index (χ1v) is 8.21. The molecule has 0 radical (unpaired) electrons. The van der Waals surface area contributed by atoms with Crippen LogP contribution in [0.25, 0.3) is 0 Å². The molecule has 0 spiro atoms. The molecule has 1 aromatic heterocycles. The topological polar surface area (TPSA) is 73.4 Å². The number of rotatable bonds is 2. The quantitative estimate of drug-likeness (QED) is 0.876. The van der Waals surface area contributed by atoms with E-state index >= 15 is 0 Å². The minimum Gasteiger partial charge on any atom is -0.390 e. The highest BCUT2D eigenvalue weighted by Crippen LogP contribution is 2.40. The van der Waals surface area contributed by atoms with Crippen LogP contribution in [-0.4, -0.2) is 39.1 Å².